The molecule has 0 aliphatic heterocycles. The van der Waals surface area contributed by atoms with Gasteiger partial charge in [-0.1, -0.05) is 40.0 Å². The minimum Gasteiger partial charge on any atom is -0.339 e. The van der Waals surface area contributed by atoms with Crippen LogP contribution >= 0.6 is 0 Å². The molecule has 0 heterocycles. The first-order valence-electron chi connectivity index (χ1n) is 7.59. The first-order valence-corrected chi connectivity index (χ1v) is 7.59. The Balaban J connectivity index is 2.54. The van der Waals surface area contributed by atoms with Crippen molar-refractivity contribution in [3.8, 4) is 0 Å². The quantitative estimate of drug-likeness (QED) is 0.759. The SMILES string of the molecule is CCCC(N)CC(=O)N(CC(C)C)C1CCCC1. The van der Waals surface area contributed by atoms with Gasteiger partial charge < -0.3 is 10.6 Å². The van der Waals surface area contributed by atoms with Crippen LogP contribution in [0.25, 0.3) is 0 Å². The van der Waals surface area contributed by atoms with Gasteiger partial charge >= 0.3 is 0 Å². The molecule has 1 atom stereocenters. The number of carbonyl (C=O) groups excluding carboxylic acids is 1. The van der Waals surface area contributed by atoms with E-state index in [1.54, 1.807) is 0 Å². The predicted octanol–water partition coefficient (Wildman–Crippen LogP) is 2.93. The second-order valence-electron chi connectivity index (χ2n) is 6.13. The summed E-state index contributed by atoms with van der Waals surface area (Å²) in [5.74, 6) is 0.813. The Bertz CT molecular complexity index is 247. The van der Waals surface area contributed by atoms with Crippen molar-refractivity contribution in [2.45, 2.75) is 77.8 Å². The number of nitrogens with zero attached hydrogens (tertiary/aromatic N) is 1. The second-order valence-corrected chi connectivity index (χ2v) is 6.13. The van der Waals surface area contributed by atoms with Crippen LogP contribution in [0.4, 0.5) is 0 Å². The summed E-state index contributed by atoms with van der Waals surface area (Å²) >= 11 is 0. The molecule has 0 radical (unpaired) electrons. The maximum absolute atomic E-state index is 12.4. The lowest BCUT2D eigenvalue weighted by atomic mass is 10.1. The fraction of sp³-hybridized carbons (Fsp3) is 0.933. The van der Waals surface area contributed by atoms with E-state index in [1.807, 2.05) is 0 Å². The van der Waals surface area contributed by atoms with Crippen LogP contribution in [0.1, 0.15) is 65.7 Å². The van der Waals surface area contributed by atoms with Gasteiger partial charge in [0.25, 0.3) is 0 Å². The van der Waals surface area contributed by atoms with E-state index >= 15 is 0 Å². The molecule has 18 heavy (non-hydrogen) atoms. The predicted molar refractivity (Wildman–Crippen MR) is 76.3 cm³/mol. The molecule has 3 heteroatoms. The van der Waals surface area contributed by atoms with E-state index in [0.717, 1.165) is 19.4 Å². The largest absolute Gasteiger partial charge is 0.339 e. The summed E-state index contributed by atoms with van der Waals surface area (Å²) in [6, 6.07) is 0.521. The minimum atomic E-state index is 0.0403. The molecule has 106 valence electrons. The van der Waals surface area contributed by atoms with Crippen molar-refractivity contribution in [3.05, 3.63) is 0 Å². The highest BCUT2D eigenvalue weighted by atomic mass is 16.2. The lowest BCUT2D eigenvalue weighted by Crippen LogP contribution is -2.43. The first-order chi connectivity index (χ1) is 8.54. The Morgan fingerprint density at radius 3 is 2.44 bits per heavy atom. The van der Waals surface area contributed by atoms with Crippen LogP contribution in [-0.2, 0) is 4.79 Å². The van der Waals surface area contributed by atoms with Crippen LogP contribution in [-0.4, -0.2) is 29.4 Å². The molecule has 0 saturated heterocycles. The number of hydrogen-bond acceptors (Lipinski definition) is 2. The summed E-state index contributed by atoms with van der Waals surface area (Å²) in [6.45, 7) is 7.37. The van der Waals surface area contributed by atoms with Crippen LogP contribution in [0, 0.1) is 5.92 Å². The van der Waals surface area contributed by atoms with E-state index in [2.05, 4.69) is 25.7 Å². The average molecular weight is 254 g/mol. The van der Waals surface area contributed by atoms with E-state index in [9.17, 15) is 4.79 Å². The van der Waals surface area contributed by atoms with Gasteiger partial charge in [-0.25, -0.2) is 0 Å². The molecule has 1 amide bonds. The van der Waals surface area contributed by atoms with E-state index in [0.29, 0.717) is 18.4 Å². The number of rotatable bonds is 7. The van der Waals surface area contributed by atoms with E-state index in [4.69, 9.17) is 5.73 Å². The van der Waals surface area contributed by atoms with Crippen LogP contribution in [0.5, 0.6) is 0 Å². The van der Waals surface area contributed by atoms with Crippen molar-refractivity contribution < 1.29 is 4.79 Å². The second kappa shape index (κ2) is 7.78. The molecule has 2 N–H and O–H groups in total. The van der Waals surface area contributed by atoms with Gasteiger partial charge in [0, 0.05) is 25.0 Å². The van der Waals surface area contributed by atoms with Gasteiger partial charge in [0.2, 0.25) is 5.91 Å². The molecule has 0 spiro atoms. The lowest BCUT2D eigenvalue weighted by Gasteiger charge is -2.31. The van der Waals surface area contributed by atoms with Gasteiger partial charge in [-0.15, -0.1) is 0 Å². The fourth-order valence-corrected chi connectivity index (χ4v) is 2.88. The van der Waals surface area contributed by atoms with Gasteiger partial charge in [0.05, 0.1) is 0 Å². The third-order valence-electron chi connectivity index (χ3n) is 3.74. The summed E-state index contributed by atoms with van der Waals surface area (Å²) in [4.78, 5) is 14.5. The Hall–Kier alpha value is -0.570. The van der Waals surface area contributed by atoms with Crippen LogP contribution < -0.4 is 5.73 Å². The molecule has 3 nitrogen and oxygen atoms in total. The molecule has 1 saturated carbocycles. The molecule has 1 aliphatic rings. The van der Waals surface area contributed by atoms with E-state index in [1.165, 1.54) is 25.7 Å². The van der Waals surface area contributed by atoms with Crippen LogP contribution in [0.2, 0.25) is 0 Å². The molecule has 1 unspecified atom stereocenters. The summed E-state index contributed by atoms with van der Waals surface area (Å²) in [6.07, 6.45) is 7.44. The Morgan fingerprint density at radius 2 is 1.94 bits per heavy atom. The summed E-state index contributed by atoms with van der Waals surface area (Å²) < 4.78 is 0. The normalized spacial score (nSPS) is 18.3. The van der Waals surface area contributed by atoms with Gasteiger partial charge in [0.15, 0.2) is 0 Å². The van der Waals surface area contributed by atoms with Crippen molar-refractivity contribution in [2.24, 2.45) is 11.7 Å². The average Bonchev–Trinajstić information content (AvgIpc) is 2.78. The molecule has 0 aromatic heterocycles. The fourth-order valence-electron chi connectivity index (χ4n) is 2.88. The van der Waals surface area contributed by atoms with Crippen LogP contribution in [0.3, 0.4) is 0 Å². The first kappa shape index (κ1) is 15.5. The monoisotopic (exact) mass is 254 g/mol. The van der Waals surface area contributed by atoms with Crippen molar-refractivity contribution in [1.82, 2.24) is 4.90 Å². The van der Waals surface area contributed by atoms with Gasteiger partial charge in [-0.05, 0) is 25.2 Å². The molecule has 0 bridgehead atoms. The number of amides is 1. The third kappa shape index (κ3) is 4.97. The molecular weight excluding hydrogens is 224 g/mol. The topological polar surface area (TPSA) is 46.3 Å². The zero-order chi connectivity index (χ0) is 13.5. The molecular formula is C15H30N2O. The van der Waals surface area contributed by atoms with Crippen molar-refractivity contribution in [3.63, 3.8) is 0 Å². The van der Waals surface area contributed by atoms with Gasteiger partial charge in [0.1, 0.15) is 0 Å². The van der Waals surface area contributed by atoms with Crippen molar-refractivity contribution in [2.75, 3.05) is 6.54 Å². The summed E-state index contributed by atoms with van der Waals surface area (Å²) in [7, 11) is 0. The summed E-state index contributed by atoms with van der Waals surface area (Å²) in [5, 5.41) is 0. The van der Waals surface area contributed by atoms with E-state index in [-0.39, 0.29) is 11.9 Å². The molecule has 0 aromatic rings. The number of nitrogens with two attached hydrogens (primary N) is 1. The Morgan fingerprint density at radius 1 is 1.33 bits per heavy atom. The minimum absolute atomic E-state index is 0.0403. The number of carbonyl (C=O) groups is 1. The zero-order valence-electron chi connectivity index (χ0n) is 12.3. The molecule has 1 fully saturated rings. The third-order valence-corrected chi connectivity index (χ3v) is 3.74. The molecule has 0 aromatic carbocycles. The van der Waals surface area contributed by atoms with Crippen molar-refractivity contribution >= 4 is 5.91 Å². The molecule has 1 rings (SSSR count). The Labute approximate surface area is 112 Å². The smallest absolute Gasteiger partial charge is 0.224 e. The molecule has 1 aliphatic carbocycles. The van der Waals surface area contributed by atoms with E-state index < -0.39 is 0 Å². The van der Waals surface area contributed by atoms with Crippen LogP contribution in [0.15, 0.2) is 0 Å². The standard InChI is InChI=1S/C15H30N2O/c1-4-7-13(16)10-15(18)17(11-12(2)3)14-8-5-6-9-14/h12-14H,4-11,16H2,1-3H3. The highest BCUT2D eigenvalue weighted by Crippen LogP contribution is 2.25. The number of hydrogen-bond donors (Lipinski definition) is 1. The zero-order valence-corrected chi connectivity index (χ0v) is 12.3. The highest BCUT2D eigenvalue weighted by molar-refractivity contribution is 5.77. The Kier molecular flexibility index (Phi) is 6.69. The maximum Gasteiger partial charge on any atom is 0.224 e. The summed E-state index contributed by atoms with van der Waals surface area (Å²) in [5.41, 5.74) is 6.00. The van der Waals surface area contributed by atoms with Crippen molar-refractivity contribution in [1.29, 1.82) is 0 Å². The lowest BCUT2D eigenvalue weighted by molar-refractivity contribution is -0.134. The van der Waals surface area contributed by atoms with Gasteiger partial charge in [-0.3, -0.25) is 4.79 Å². The highest BCUT2D eigenvalue weighted by Gasteiger charge is 2.27. The van der Waals surface area contributed by atoms with Gasteiger partial charge in [-0.2, -0.15) is 0 Å². The maximum atomic E-state index is 12.4.